The van der Waals surface area contributed by atoms with Gasteiger partial charge >= 0.3 is 6.09 Å². The smallest absolute Gasteiger partial charge is 0.410 e. The first kappa shape index (κ1) is 20.2. The SMILES string of the molecule is CC(C)(C)OC(=O)N1CCC(O[Si](C)(C)C(C)(C)C)CC1C=O. The Morgan fingerprint density at radius 2 is 1.74 bits per heavy atom. The van der Waals surface area contributed by atoms with E-state index in [4.69, 9.17) is 9.16 Å². The van der Waals surface area contributed by atoms with Gasteiger partial charge in [-0.15, -0.1) is 0 Å². The van der Waals surface area contributed by atoms with Crippen molar-refractivity contribution in [1.82, 2.24) is 4.90 Å². The van der Waals surface area contributed by atoms with Gasteiger partial charge in [0.1, 0.15) is 11.9 Å². The quantitative estimate of drug-likeness (QED) is 0.574. The van der Waals surface area contributed by atoms with Crippen LogP contribution >= 0.6 is 0 Å². The molecular weight excluding hydrogens is 310 g/mol. The van der Waals surface area contributed by atoms with Crippen molar-refractivity contribution >= 4 is 20.7 Å². The van der Waals surface area contributed by atoms with Crippen molar-refractivity contribution in [2.45, 2.75) is 90.3 Å². The molecule has 0 radical (unpaired) electrons. The first-order valence-corrected chi connectivity index (χ1v) is 11.3. The van der Waals surface area contributed by atoms with Crippen LogP contribution in [0.4, 0.5) is 4.79 Å². The molecule has 2 unspecified atom stereocenters. The molecule has 5 nitrogen and oxygen atoms in total. The number of likely N-dealkylation sites (tertiary alicyclic amines) is 1. The zero-order valence-corrected chi connectivity index (χ0v) is 16.9. The summed E-state index contributed by atoms with van der Waals surface area (Å²) in [7, 11) is -1.87. The molecule has 1 rings (SSSR count). The van der Waals surface area contributed by atoms with Gasteiger partial charge in [-0.3, -0.25) is 4.90 Å². The molecule has 2 atom stereocenters. The lowest BCUT2D eigenvalue weighted by Gasteiger charge is -2.43. The normalized spacial score (nSPS) is 23.6. The molecule has 0 aromatic carbocycles. The van der Waals surface area contributed by atoms with Crippen molar-refractivity contribution in [3.63, 3.8) is 0 Å². The van der Waals surface area contributed by atoms with Gasteiger partial charge in [0.25, 0.3) is 0 Å². The summed E-state index contributed by atoms with van der Waals surface area (Å²) in [6, 6.07) is -0.464. The lowest BCUT2D eigenvalue weighted by atomic mass is 10.0. The van der Waals surface area contributed by atoms with E-state index in [2.05, 4.69) is 33.9 Å². The molecule has 1 heterocycles. The lowest BCUT2D eigenvalue weighted by molar-refractivity contribution is -0.115. The number of nitrogens with zero attached hydrogens (tertiary/aromatic N) is 1. The fourth-order valence-electron chi connectivity index (χ4n) is 2.34. The van der Waals surface area contributed by atoms with Crippen molar-refractivity contribution in [3.8, 4) is 0 Å². The Balaban J connectivity index is 2.73. The maximum atomic E-state index is 12.2. The standard InChI is InChI=1S/C17H33NO4Si/c1-16(2,3)21-15(20)18-10-9-14(11-13(18)12-19)22-23(7,8)17(4,5)6/h12-14H,9-11H2,1-8H3. The Morgan fingerprint density at radius 1 is 1.17 bits per heavy atom. The summed E-state index contributed by atoms with van der Waals surface area (Å²) in [4.78, 5) is 25.2. The lowest BCUT2D eigenvalue weighted by Crippen LogP contribution is -2.53. The summed E-state index contributed by atoms with van der Waals surface area (Å²) < 4.78 is 11.8. The van der Waals surface area contributed by atoms with E-state index >= 15 is 0 Å². The molecule has 6 heteroatoms. The molecule has 1 aliphatic rings. The Kier molecular flexibility index (Phi) is 6.07. The monoisotopic (exact) mass is 343 g/mol. The molecule has 0 N–H and O–H groups in total. The van der Waals surface area contributed by atoms with Crippen LogP contribution in [-0.2, 0) is 14.0 Å². The number of carbonyl (C=O) groups is 2. The summed E-state index contributed by atoms with van der Waals surface area (Å²) in [5.74, 6) is 0. The molecule has 0 aliphatic carbocycles. The van der Waals surface area contributed by atoms with Crippen LogP contribution in [0, 0.1) is 0 Å². The summed E-state index contributed by atoms with van der Waals surface area (Å²) in [5, 5.41) is 0.131. The van der Waals surface area contributed by atoms with E-state index < -0.39 is 26.1 Å². The van der Waals surface area contributed by atoms with Crippen LogP contribution in [0.15, 0.2) is 0 Å². The van der Waals surface area contributed by atoms with Gasteiger partial charge in [-0.2, -0.15) is 0 Å². The fraction of sp³-hybridized carbons (Fsp3) is 0.882. The van der Waals surface area contributed by atoms with Gasteiger partial charge in [-0.05, 0) is 51.7 Å². The van der Waals surface area contributed by atoms with Crippen molar-refractivity contribution in [3.05, 3.63) is 0 Å². The zero-order chi connectivity index (χ0) is 18.1. The van der Waals surface area contributed by atoms with E-state index in [1.54, 1.807) is 0 Å². The van der Waals surface area contributed by atoms with E-state index in [-0.39, 0.29) is 11.1 Å². The van der Waals surface area contributed by atoms with Crippen LogP contribution in [0.2, 0.25) is 18.1 Å². The average molecular weight is 344 g/mol. The summed E-state index contributed by atoms with van der Waals surface area (Å²) in [5.41, 5.74) is -0.557. The Labute approximate surface area is 141 Å². The fourth-order valence-corrected chi connectivity index (χ4v) is 3.74. The Hall–Kier alpha value is -0.883. The molecule has 1 aliphatic heterocycles. The minimum Gasteiger partial charge on any atom is -0.444 e. The van der Waals surface area contributed by atoms with Gasteiger partial charge < -0.3 is 14.0 Å². The van der Waals surface area contributed by atoms with Crippen LogP contribution < -0.4 is 0 Å². The van der Waals surface area contributed by atoms with Crippen LogP contribution in [0.5, 0.6) is 0 Å². The third-order valence-corrected chi connectivity index (χ3v) is 9.18. The maximum Gasteiger partial charge on any atom is 0.410 e. The summed E-state index contributed by atoms with van der Waals surface area (Å²) in [6.07, 6.45) is 1.75. The molecule has 0 saturated carbocycles. The molecule has 134 valence electrons. The van der Waals surface area contributed by atoms with E-state index in [1.807, 2.05) is 20.8 Å². The molecule has 0 spiro atoms. The van der Waals surface area contributed by atoms with Gasteiger partial charge in [0.05, 0.1) is 6.04 Å². The molecule has 0 aromatic rings. The van der Waals surface area contributed by atoms with Crippen LogP contribution in [0.25, 0.3) is 0 Å². The third-order valence-electron chi connectivity index (χ3n) is 4.65. The second kappa shape index (κ2) is 6.93. The van der Waals surface area contributed by atoms with Crippen LogP contribution in [0.3, 0.4) is 0 Å². The van der Waals surface area contributed by atoms with Crippen LogP contribution in [-0.4, -0.2) is 49.9 Å². The summed E-state index contributed by atoms with van der Waals surface area (Å²) in [6.45, 7) is 17.0. The molecule has 1 amide bonds. The number of ether oxygens (including phenoxy) is 1. The van der Waals surface area contributed by atoms with Gasteiger partial charge in [0, 0.05) is 12.6 Å². The van der Waals surface area contributed by atoms with Gasteiger partial charge in [0.15, 0.2) is 8.32 Å². The zero-order valence-electron chi connectivity index (χ0n) is 15.9. The topological polar surface area (TPSA) is 55.8 Å². The van der Waals surface area contributed by atoms with Crippen molar-refractivity contribution in [1.29, 1.82) is 0 Å². The van der Waals surface area contributed by atoms with E-state index in [9.17, 15) is 9.59 Å². The highest BCUT2D eigenvalue weighted by atomic mass is 28.4. The first-order valence-electron chi connectivity index (χ1n) is 8.39. The largest absolute Gasteiger partial charge is 0.444 e. The first-order chi connectivity index (χ1) is 10.3. The number of hydrogen-bond donors (Lipinski definition) is 0. The van der Waals surface area contributed by atoms with Crippen LogP contribution in [0.1, 0.15) is 54.4 Å². The molecule has 23 heavy (non-hydrogen) atoms. The number of aldehydes is 1. The average Bonchev–Trinajstić information content (AvgIpc) is 2.34. The van der Waals surface area contributed by atoms with Gasteiger partial charge in [-0.1, -0.05) is 20.8 Å². The number of rotatable bonds is 3. The highest BCUT2D eigenvalue weighted by Gasteiger charge is 2.42. The molecule has 1 fully saturated rings. The van der Waals surface area contributed by atoms with Crippen molar-refractivity contribution < 1.29 is 18.8 Å². The second-order valence-electron chi connectivity index (χ2n) is 8.90. The predicted octanol–water partition coefficient (Wildman–Crippen LogP) is 3.98. The maximum absolute atomic E-state index is 12.2. The van der Waals surface area contributed by atoms with E-state index in [1.165, 1.54) is 4.90 Å². The van der Waals surface area contributed by atoms with Crippen molar-refractivity contribution in [2.24, 2.45) is 0 Å². The number of amides is 1. The van der Waals surface area contributed by atoms with E-state index in [0.29, 0.717) is 13.0 Å². The molecule has 0 bridgehead atoms. The highest BCUT2D eigenvalue weighted by Crippen LogP contribution is 2.38. The molecule has 1 saturated heterocycles. The second-order valence-corrected chi connectivity index (χ2v) is 13.7. The van der Waals surface area contributed by atoms with Gasteiger partial charge in [-0.25, -0.2) is 4.79 Å². The minimum atomic E-state index is -1.87. The molecular formula is C17H33NO4Si. The number of piperidine rings is 1. The predicted molar refractivity (Wildman–Crippen MR) is 94.1 cm³/mol. The Morgan fingerprint density at radius 3 is 2.17 bits per heavy atom. The number of carbonyl (C=O) groups excluding carboxylic acids is 2. The minimum absolute atomic E-state index is 0.0322. The Bertz CT molecular complexity index is 437. The van der Waals surface area contributed by atoms with Gasteiger partial charge in [0.2, 0.25) is 0 Å². The molecule has 0 aromatic heterocycles. The van der Waals surface area contributed by atoms with E-state index in [0.717, 1.165) is 12.7 Å². The summed E-state index contributed by atoms with van der Waals surface area (Å²) >= 11 is 0. The van der Waals surface area contributed by atoms with Crippen molar-refractivity contribution in [2.75, 3.05) is 6.54 Å². The number of hydrogen-bond acceptors (Lipinski definition) is 4. The highest BCUT2D eigenvalue weighted by molar-refractivity contribution is 6.74. The third kappa shape index (κ3) is 5.60.